The van der Waals surface area contributed by atoms with E-state index in [1.165, 1.54) is 5.56 Å². The minimum absolute atomic E-state index is 0.149. The number of benzene rings is 1. The molecule has 0 amide bonds. The van der Waals surface area contributed by atoms with Crippen molar-refractivity contribution >= 4 is 11.0 Å². The van der Waals surface area contributed by atoms with Crippen LogP contribution in [0.25, 0.3) is 11.0 Å². The molecule has 2 rings (SSSR count). The molecule has 2 aromatic rings. The smallest absolute Gasteiger partial charge is 0.306 e. The van der Waals surface area contributed by atoms with Crippen molar-refractivity contribution < 1.29 is 0 Å². The number of hydrogen-bond donors (Lipinski definition) is 2. The number of H-pyrrole nitrogens is 2. The van der Waals surface area contributed by atoms with Gasteiger partial charge in [-0.3, -0.25) is 4.90 Å². The maximum Gasteiger partial charge on any atom is 0.323 e. The van der Waals surface area contributed by atoms with Crippen LogP contribution < -0.4 is 5.69 Å². The Bertz CT molecular complexity index is 538. The first kappa shape index (κ1) is 11.0. The highest BCUT2D eigenvalue weighted by Gasteiger charge is 2.05. The molecule has 1 heterocycles. The summed E-state index contributed by atoms with van der Waals surface area (Å²) in [5.74, 6) is 0. The van der Waals surface area contributed by atoms with Crippen molar-refractivity contribution in [1.82, 2.24) is 14.9 Å². The predicted molar refractivity (Wildman–Crippen MR) is 65.5 cm³/mol. The highest BCUT2D eigenvalue weighted by Crippen LogP contribution is 2.12. The molecule has 0 saturated carbocycles. The molecule has 0 radical (unpaired) electrons. The van der Waals surface area contributed by atoms with E-state index in [9.17, 15) is 4.79 Å². The second kappa shape index (κ2) is 4.14. The minimum Gasteiger partial charge on any atom is -0.306 e. The van der Waals surface area contributed by atoms with E-state index in [1.54, 1.807) is 0 Å². The van der Waals surface area contributed by atoms with Crippen LogP contribution in [0.5, 0.6) is 0 Å². The van der Waals surface area contributed by atoms with Gasteiger partial charge in [0.1, 0.15) is 0 Å². The molecule has 1 aromatic carbocycles. The third-order valence-electron chi connectivity index (χ3n) is 2.89. The normalized spacial score (nSPS) is 11.8. The fourth-order valence-corrected chi connectivity index (χ4v) is 1.65. The molecule has 0 aliphatic carbocycles. The Balaban J connectivity index is 2.28. The van der Waals surface area contributed by atoms with E-state index in [0.717, 1.165) is 17.6 Å². The van der Waals surface area contributed by atoms with Gasteiger partial charge in [0.25, 0.3) is 0 Å². The quantitative estimate of drug-likeness (QED) is 0.825. The number of rotatable bonds is 3. The van der Waals surface area contributed by atoms with Gasteiger partial charge in [-0.05, 0) is 38.6 Å². The Kier molecular flexibility index (Phi) is 2.83. The Morgan fingerprint density at radius 1 is 1.25 bits per heavy atom. The molecule has 1 aromatic heterocycles. The zero-order valence-electron chi connectivity index (χ0n) is 9.87. The van der Waals surface area contributed by atoms with Gasteiger partial charge in [-0.15, -0.1) is 0 Å². The summed E-state index contributed by atoms with van der Waals surface area (Å²) in [7, 11) is 2.09. The second-order valence-corrected chi connectivity index (χ2v) is 4.47. The van der Waals surface area contributed by atoms with Gasteiger partial charge in [-0.25, -0.2) is 4.79 Å². The van der Waals surface area contributed by atoms with Gasteiger partial charge in [0.05, 0.1) is 11.0 Å². The lowest BCUT2D eigenvalue weighted by molar-refractivity contribution is 0.266. The standard InChI is InChI=1S/C12H17N3O/c1-8(2)15(3)7-9-4-5-10-11(6-9)14-12(16)13-10/h4-6,8H,7H2,1-3H3,(H2,13,14,16). The van der Waals surface area contributed by atoms with Crippen LogP contribution in [-0.2, 0) is 6.54 Å². The highest BCUT2D eigenvalue weighted by atomic mass is 16.1. The topological polar surface area (TPSA) is 51.9 Å². The summed E-state index contributed by atoms with van der Waals surface area (Å²) < 4.78 is 0. The van der Waals surface area contributed by atoms with Crippen molar-refractivity contribution in [1.29, 1.82) is 0 Å². The fraction of sp³-hybridized carbons (Fsp3) is 0.417. The fourth-order valence-electron chi connectivity index (χ4n) is 1.65. The average Bonchev–Trinajstić information content (AvgIpc) is 2.57. The molecule has 0 aliphatic heterocycles. The summed E-state index contributed by atoms with van der Waals surface area (Å²) in [5, 5.41) is 0. The average molecular weight is 219 g/mol. The maximum absolute atomic E-state index is 11.1. The molecular formula is C12H17N3O. The lowest BCUT2D eigenvalue weighted by atomic mass is 10.2. The number of hydrogen-bond acceptors (Lipinski definition) is 2. The summed E-state index contributed by atoms with van der Waals surface area (Å²) in [6.45, 7) is 5.22. The molecule has 16 heavy (non-hydrogen) atoms. The van der Waals surface area contributed by atoms with Crippen molar-refractivity contribution in [2.24, 2.45) is 0 Å². The lowest BCUT2D eigenvalue weighted by Gasteiger charge is -2.20. The Morgan fingerprint density at radius 3 is 2.62 bits per heavy atom. The first-order valence-electron chi connectivity index (χ1n) is 5.47. The summed E-state index contributed by atoms with van der Waals surface area (Å²) in [6, 6.07) is 6.52. The molecule has 0 fully saturated rings. The second-order valence-electron chi connectivity index (χ2n) is 4.47. The van der Waals surface area contributed by atoms with Crippen molar-refractivity contribution in [2.45, 2.75) is 26.4 Å². The van der Waals surface area contributed by atoms with Gasteiger partial charge in [-0.1, -0.05) is 6.07 Å². The minimum atomic E-state index is -0.149. The van der Waals surface area contributed by atoms with Gasteiger partial charge >= 0.3 is 5.69 Å². The van der Waals surface area contributed by atoms with Crippen LogP contribution in [0.2, 0.25) is 0 Å². The monoisotopic (exact) mass is 219 g/mol. The number of imidazole rings is 1. The maximum atomic E-state index is 11.1. The van der Waals surface area contributed by atoms with E-state index in [2.05, 4.69) is 35.8 Å². The number of fused-ring (bicyclic) bond motifs is 1. The van der Waals surface area contributed by atoms with Gasteiger partial charge in [0.2, 0.25) is 0 Å². The van der Waals surface area contributed by atoms with Gasteiger partial charge in [0.15, 0.2) is 0 Å². The van der Waals surface area contributed by atoms with Gasteiger partial charge in [0, 0.05) is 12.6 Å². The van der Waals surface area contributed by atoms with E-state index in [1.807, 2.05) is 18.2 Å². The molecule has 0 saturated heterocycles. The SMILES string of the molecule is CC(C)N(C)Cc1ccc2[nH]c(=O)[nH]c2c1. The summed E-state index contributed by atoms with van der Waals surface area (Å²) in [5.41, 5.74) is 2.80. The molecular weight excluding hydrogens is 202 g/mol. The van der Waals surface area contributed by atoms with Crippen LogP contribution in [-0.4, -0.2) is 28.0 Å². The van der Waals surface area contributed by atoms with Crippen molar-refractivity contribution in [2.75, 3.05) is 7.05 Å². The third kappa shape index (κ3) is 2.17. The Morgan fingerprint density at radius 2 is 1.94 bits per heavy atom. The van der Waals surface area contributed by atoms with Gasteiger partial charge in [-0.2, -0.15) is 0 Å². The van der Waals surface area contributed by atoms with Crippen molar-refractivity contribution in [3.05, 3.63) is 34.2 Å². The van der Waals surface area contributed by atoms with E-state index in [-0.39, 0.29) is 5.69 Å². The van der Waals surface area contributed by atoms with E-state index in [0.29, 0.717) is 6.04 Å². The van der Waals surface area contributed by atoms with Gasteiger partial charge < -0.3 is 9.97 Å². The molecule has 4 nitrogen and oxygen atoms in total. The molecule has 0 bridgehead atoms. The summed E-state index contributed by atoms with van der Waals surface area (Å²) in [6.07, 6.45) is 0. The van der Waals surface area contributed by atoms with E-state index >= 15 is 0 Å². The zero-order chi connectivity index (χ0) is 11.7. The molecule has 86 valence electrons. The first-order valence-corrected chi connectivity index (χ1v) is 5.47. The lowest BCUT2D eigenvalue weighted by Crippen LogP contribution is -2.25. The number of nitrogens with one attached hydrogen (secondary N) is 2. The number of aromatic amines is 2. The van der Waals surface area contributed by atoms with Crippen LogP contribution in [0.4, 0.5) is 0 Å². The first-order chi connectivity index (χ1) is 7.56. The summed E-state index contributed by atoms with van der Waals surface area (Å²) in [4.78, 5) is 18.9. The van der Waals surface area contributed by atoms with E-state index in [4.69, 9.17) is 0 Å². The molecule has 0 spiro atoms. The largest absolute Gasteiger partial charge is 0.323 e. The molecule has 0 unspecified atom stereocenters. The van der Waals surface area contributed by atoms with Crippen molar-refractivity contribution in [3.8, 4) is 0 Å². The van der Waals surface area contributed by atoms with Crippen LogP contribution in [0.15, 0.2) is 23.0 Å². The number of nitrogens with zero attached hydrogens (tertiary/aromatic N) is 1. The highest BCUT2D eigenvalue weighted by molar-refractivity contribution is 5.74. The van der Waals surface area contributed by atoms with Crippen LogP contribution >= 0.6 is 0 Å². The number of aromatic nitrogens is 2. The Hall–Kier alpha value is -1.55. The third-order valence-corrected chi connectivity index (χ3v) is 2.89. The molecule has 4 heteroatoms. The van der Waals surface area contributed by atoms with Crippen LogP contribution in [0.3, 0.4) is 0 Å². The molecule has 2 N–H and O–H groups in total. The summed E-state index contributed by atoms with van der Waals surface area (Å²) >= 11 is 0. The molecule has 0 atom stereocenters. The zero-order valence-corrected chi connectivity index (χ0v) is 9.87. The van der Waals surface area contributed by atoms with Crippen LogP contribution in [0.1, 0.15) is 19.4 Å². The van der Waals surface area contributed by atoms with E-state index < -0.39 is 0 Å². The molecule has 0 aliphatic rings. The van der Waals surface area contributed by atoms with Crippen molar-refractivity contribution in [3.63, 3.8) is 0 Å². The Labute approximate surface area is 94.3 Å². The predicted octanol–water partition coefficient (Wildman–Crippen LogP) is 1.70. The van der Waals surface area contributed by atoms with Crippen LogP contribution in [0, 0.1) is 0 Å².